The van der Waals surface area contributed by atoms with Gasteiger partial charge < -0.3 is 9.64 Å². The maximum Gasteiger partial charge on any atom is 0.176 e. The fraction of sp³-hybridized carbons (Fsp3) is 0.292. The number of rotatable bonds is 4. The molecule has 1 aromatic carbocycles. The van der Waals surface area contributed by atoms with Crippen molar-refractivity contribution in [1.82, 2.24) is 20.2 Å². The molecule has 1 aliphatic rings. The van der Waals surface area contributed by atoms with Crippen LogP contribution in [-0.2, 0) is 14.6 Å². The Kier molecular flexibility index (Phi) is 5.38. The number of aromatic amines is 1. The lowest BCUT2D eigenvalue weighted by atomic mass is 9.97. The highest BCUT2D eigenvalue weighted by Gasteiger charge is 2.25. The molecular formula is C24H25N5O3S. The number of anilines is 1. The predicted octanol–water partition coefficient (Wildman–Crippen LogP) is 3.62. The Bertz CT molecular complexity index is 1430. The van der Waals surface area contributed by atoms with E-state index in [1.807, 2.05) is 31.2 Å². The van der Waals surface area contributed by atoms with Gasteiger partial charge in [0, 0.05) is 36.1 Å². The topological polar surface area (TPSA) is 101 Å². The summed E-state index contributed by atoms with van der Waals surface area (Å²) in [5.74, 6) is 0.768. The molecule has 9 heteroatoms. The minimum atomic E-state index is -3.45. The smallest absolute Gasteiger partial charge is 0.176 e. The largest absolute Gasteiger partial charge is 0.377 e. The highest BCUT2D eigenvalue weighted by atomic mass is 32.2. The molecule has 170 valence electrons. The molecular weight excluding hydrogens is 438 g/mol. The van der Waals surface area contributed by atoms with Crippen molar-refractivity contribution in [3.05, 3.63) is 54.4 Å². The summed E-state index contributed by atoms with van der Waals surface area (Å²) in [6, 6.07) is 11.1. The van der Waals surface area contributed by atoms with Crippen LogP contribution in [0.25, 0.3) is 33.4 Å². The molecule has 1 atom stereocenters. The van der Waals surface area contributed by atoms with Crippen LogP contribution in [0.1, 0.15) is 12.5 Å². The first-order valence-corrected chi connectivity index (χ1v) is 12.7. The number of ether oxygens (including phenoxy) is 1. The molecule has 0 unspecified atom stereocenters. The van der Waals surface area contributed by atoms with Gasteiger partial charge in [-0.3, -0.25) is 10.1 Å². The molecule has 0 bridgehead atoms. The van der Waals surface area contributed by atoms with Gasteiger partial charge >= 0.3 is 0 Å². The van der Waals surface area contributed by atoms with Gasteiger partial charge in [-0.05, 0) is 43.2 Å². The van der Waals surface area contributed by atoms with E-state index in [2.05, 4.69) is 27.0 Å². The number of sulfone groups is 1. The van der Waals surface area contributed by atoms with E-state index in [0.717, 1.165) is 28.0 Å². The van der Waals surface area contributed by atoms with E-state index in [4.69, 9.17) is 9.72 Å². The SMILES string of the molecule is Cc1cnc(-c2ccn[nH]2)c2nc(N3CCOC[C@H]3C)cc(-c3ccccc3S(C)(=O)=O)c12. The van der Waals surface area contributed by atoms with Gasteiger partial charge in [0.15, 0.2) is 9.84 Å². The maximum absolute atomic E-state index is 12.7. The molecule has 0 saturated carbocycles. The van der Waals surface area contributed by atoms with Gasteiger partial charge in [0.05, 0.1) is 29.8 Å². The number of nitrogens with zero attached hydrogens (tertiary/aromatic N) is 4. The number of pyridine rings is 2. The number of aryl methyl sites for hydroxylation is 1. The van der Waals surface area contributed by atoms with Gasteiger partial charge in [0.25, 0.3) is 0 Å². The van der Waals surface area contributed by atoms with E-state index >= 15 is 0 Å². The van der Waals surface area contributed by atoms with Crippen LogP contribution in [0.3, 0.4) is 0 Å². The molecule has 4 aromatic rings. The Morgan fingerprint density at radius 3 is 2.73 bits per heavy atom. The summed E-state index contributed by atoms with van der Waals surface area (Å²) < 4.78 is 31.0. The molecule has 1 aliphatic heterocycles. The number of hydrogen-bond acceptors (Lipinski definition) is 7. The van der Waals surface area contributed by atoms with E-state index in [1.54, 1.807) is 24.5 Å². The van der Waals surface area contributed by atoms with E-state index in [1.165, 1.54) is 6.26 Å². The lowest BCUT2D eigenvalue weighted by Crippen LogP contribution is -2.44. The van der Waals surface area contributed by atoms with Crippen molar-refractivity contribution in [1.29, 1.82) is 0 Å². The average Bonchev–Trinajstić information content (AvgIpc) is 3.33. The number of aromatic nitrogens is 4. The number of morpholine rings is 1. The van der Waals surface area contributed by atoms with Crippen LogP contribution in [-0.4, -0.2) is 60.6 Å². The normalized spacial score (nSPS) is 16.9. The first kappa shape index (κ1) is 21.5. The molecule has 0 aliphatic carbocycles. The van der Waals surface area contributed by atoms with Crippen LogP contribution < -0.4 is 4.90 Å². The molecule has 0 amide bonds. The number of fused-ring (bicyclic) bond motifs is 1. The van der Waals surface area contributed by atoms with Crippen molar-refractivity contribution in [2.24, 2.45) is 0 Å². The zero-order valence-electron chi connectivity index (χ0n) is 18.7. The van der Waals surface area contributed by atoms with Crippen LogP contribution in [0.4, 0.5) is 5.82 Å². The first-order valence-electron chi connectivity index (χ1n) is 10.8. The lowest BCUT2D eigenvalue weighted by molar-refractivity contribution is 0.0986. The highest BCUT2D eigenvalue weighted by Crippen LogP contribution is 2.39. The molecule has 4 heterocycles. The zero-order chi connectivity index (χ0) is 23.2. The summed E-state index contributed by atoms with van der Waals surface area (Å²) in [4.78, 5) is 12.2. The number of benzene rings is 1. The van der Waals surface area contributed by atoms with Crippen molar-refractivity contribution in [3.8, 4) is 22.5 Å². The molecule has 8 nitrogen and oxygen atoms in total. The fourth-order valence-corrected chi connectivity index (χ4v) is 5.32. The van der Waals surface area contributed by atoms with Crippen LogP contribution in [0.15, 0.2) is 53.7 Å². The van der Waals surface area contributed by atoms with Crippen molar-refractivity contribution in [2.45, 2.75) is 24.8 Å². The Balaban J connectivity index is 1.88. The highest BCUT2D eigenvalue weighted by molar-refractivity contribution is 7.90. The van der Waals surface area contributed by atoms with Crippen LogP contribution >= 0.6 is 0 Å². The van der Waals surface area contributed by atoms with E-state index in [-0.39, 0.29) is 10.9 Å². The second-order valence-corrected chi connectivity index (χ2v) is 10.4. The molecule has 0 spiro atoms. The Morgan fingerprint density at radius 2 is 2.00 bits per heavy atom. The minimum Gasteiger partial charge on any atom is -0.377 e. The molecule has 33 heavy (non-hydrogen) atoms. The molecule has 1 fully saturated rings. The van der Waals surface area contributed by atoms with Gasteiger partial charge in [0.1, 0.15) is 17.0 Å². The first-order chi connectivity index (χ1) is 15.8. The number of nitrogens with one attached hydrogen (secondary N) is 1. The van der Waals surface area contributed by atoms with Crippen LogP contribution in [0, 0.1) is 6.92 Å². The van der Waals surface area contributed by atoms with Gasteiger partial charge in [-0.25, -0.2) is 13.4 Å². The van der Waals surface area contributed by atoms with Crippen molar-refractivity contribution in [3.63, 3.8) is 0 Å². The zero-order valence-corrected chi connectivity index (χ0v) is 19.6. The molecule has 1 N–H and O–H groups in total. The van der Waals surface area contributed by atoms with Crippen molar-refractivity contribution in [2.75, 3.05) is 30.9 Å². The third-order valence-corrected chi connectivity index (χ3v) is 7.16. The summed E-state index contributed by atoms with van der Waals surface area (Å²) in [6.07, 6.45) is 4.71. The third-order valence-electron chi connectivity index (χ3n) is 6.01. The number of H-pyrrole nitrogens is 1. The standard InChI is InChI=1S/C24H25N5O3S/c1-15-13-25-23(19-8-9-26-28-19)24-22(15)18(17-6-4-5-7-20(17)33(3,30)31)12-21(27-24)29-10-11-32-14-16(29)2/h4-9,12-13,16H,10-11,14H2,1-3H3,(H,26,28)/t16-/m1/s1. The Morgan fingerprint density at radius 1 is 1.18 bits per heavy atom. The maximum atomic E-state index is 12.7. The lowest BCUT2D eigenvalue weighted by Gasteiger charge is -2.35. The molecule has 3 aromatic heterocycles. The second kappa shape index (κ2) is 8.24. The summed E-state index contributed by atoms with van der Waals surface area (Å²) in [6.45, 7) is 5.98. The second-order valence-electron chi connectivity index (χ2n) is 8.40. The summed E-state index contributed by atoms with van der Waals surface area (Å²) >= 11 is 0. The predicted molar refractivity (Wildman–Crippen MR) is 128 cm³/mol. The Hall–Kier alpha value is -3.30. The molecule has 1 saturated heterocycles. The van der Waals surface area contributed by atoms with Gasteiger partial charge in [0.2, 0.25) is 0 Å². The summed E-state index contributed by atoms with van der Waals surface area (Å²) in [5.41, 5.74) is 4.51. The van der Waals surface area contributed by atoms with Gasteiger partial charge in [-0.1, -0.05) is 18.2 Å². The minimum absolute atomic E-state index is 0.134. The van der Waals surface area contributed by atoms with Crippen LogP contribution in [0.2, 0.25) is 0 Å². The van der Waals surface area contributed by atoms with Crippen LogP contribution in [0.5, 0.6) is 0 Å². The monoisotopic (exact) mass is 463 g/mol. The van der Waals surface area contributed by atoms with Gasteiger partial charge in [-0.15, -0.1) is 0 Å². The average molecular weight is 464 g/mol. The summed E-state index contributed by atoms with van der Waals surface area (Å²) in [7, 11) is -3.45. The van der Waals surface area contributed by atoms with Crippen molar-refractivity contribution < 1.29 is 13.2 Å². The van der Waals surface area contributed by atoms with Gasteiger partial charge in [-0.2, -0.15) is 5.10 Å². The fourth-order valence-electron chi connectivity index (χ4n) is 4.41. The third kappa shape index (κ3) is 3.87. The molecule has 5 rings (SSSR count). The quantitative estimate of drug-likeness (QED) is 0.493. The summed E-state index contributed by atoms with van der Waals surface area (Å²) in [5, 5.41) is 7.94. The van der Waals surface area contributed by atoms with E-state index in [9.17, 15) is 8.42 Å². The van der Waals surface area contributed by atoms with Crippen molar-refractivity contribution >= 4 is 26.6 Å². The Labute approximate surface area is 192 Å². The van der Waals surface area contributed by atoms with E-state index in [0.29, 0.717) is 36.5 Å². The number of hydrogen-bond donors (Lipinski definition) is 1. The van der Waals surface area contributed by atoms with E-state index < -0.39 is 9.84 Å². The molecule has 0 radical (unpaired) electrons.